The van der Waals surface area contributed by atoms with Crippen molar-refractivity contribution < 1.29 is 26.3 Å². The van der Waals surface area contributed by atoms with E-state index in [1.807, 2.05) is 215 Å². The van der Waals surface area contributed by atoms with Crippen molar-refractivity contribution in [2.45, 2.75) is 12.4 Å². The van der Waals surface area contributed by atoms with E-state index in [1.54, 1.807) is 24.3 Å². The molecule has 0 atom stereocenters. The molecule has 0 aliphatic carbocycles. The van der Waals surface area contributed by atoms with Gasteiger partial charge in [-0.2, -0.15) is 31.6 Å². The van der Waals surface area contributed by atoms with Gasteiger partial charge in [0.2, 0.25) is 0 Å². The summed E-state index contributed by atoms with van der Waals surface area (Å²) < 4.78 is 97.2. The lowest BCUT2D eigenvalue weighted by atomic mass is 9.86. The minimum Gasteiger partial charge on any atom is -0.309 e. The highest BCUT2D eigenvalue weighted by Crippen LogP contribution is 2.50. The zero-order valence-electron chi connectivity index (χ0n) is 47.1. The van der Waals surface area contributed by atoms with E-state index in [0.29, 0.717) is 91.6 Å². The van der Waals surface area contributed by atoms with Crippen molar-refractivity contribution in [1.29, 1.82) is 5.26 Å². The summed E-state index contributed by atoms with van der Waals surface area (Å²) in [5.74, 6) is 2.66. The summed E-state index contributed by atoms with van der Waals surface area (Å²) in [5, 5.41) is 13.8. The molecule has 11 aromatic carbocycles. The fraction of sp³-hybridized carbons (Fsp3) is 0.0267. The Kier molecular flexibility index (Phi) is 13.3. The zero-order valence-corrected chi connectivity index (χ0v) is 47.1. The van der Waals surface area contributed by atoms with E-state index in [9.17, 15) is 5.26 Å². The molecule has 90 heavy (non-hydrogen) atoms. The molecule has 15 heteroatoms. The molecule has 0 amide bonds. The number of nitriles is 1. The number of para-hydroxylation sites is 2. The highest BCUT2D eigenvalue weighted by atomic mass is 19.4. The van der Waals surface area contributed by atoms with Crippen molar-refractivity contribution in [3.63, 3.8) is 0 Å². The normalized spacial score (nSPS) is 11.9. The minimum atomic E-state index is -5.23. The Bertz CT molecular complexity index is 5200. The first-order valence-electron chi connectivity index (χ1n) is 28.6. The van der Waals surface area contributed by atoms with E-state index in [4.69, 9.17) is 29.9 Å². The standard InChI is InChI=1S/C75H43F6N9/c76-74(77,78)60-28-17-29-61(75(79,80)81)67(60)55-36-35-52(89-62-30-15-13-26-53(62)58-41-50(33-38-64(58)89)72-85-68(46-18-5-1-6-19-46)83-69(86-72)47-20-7-2-8-21-47)43-56(55)57-40-45(44-82)32-37-65(57)90-63-31-16-14-27-54(63)59-42-51(34-39-66(59)90)73-87-70(48-22-9-3-10-23-48)84-71(88-73)49-24-11-4-12-25-49/h1-43H. The monoisotopic (exact) mass is 1180 g/mol. The fourth-order valence-electron chi connectivity index (χ4n) is 12.1. The van der Waals surface area contributed by atoms with Crippen molar-refractivity contribution >= 4 is 43.6 Å². The molecule has 0 N–H and O–H groups in total. The molecule has 0 aliphatic rings. The lowest BCUT2D eigenvalue weighted by Crippen LogP contribution is -2.14. The molecule has 0 saturated heterocycles. The van der Waals surface area contributed by atoms with Gasteiger partial charge in [0.15, 0.2) is 34.9 Å². The number of halogens is 6. The van der Waals surface area contributed by atoms with Crippen LogP contribution in [-0.4, -0.2) is 39.0 Å². The van der Waals surface area contributed by atoms with E-state index in [0.717, 1.165) is 49.9 Å². The van der Waals surface area contributed by atoms with Gasteiger partial charge in [-0.15, -0.1) is 0 Å². The molecule has 430 valence electrons. The summed E-state index contributed by atoms with van der Waals surface area (Å²) in [6.45, 7) is 0. The molecule has 0 spiro atoms. The van der Waals surface area contributed by atoms with E-state index in [-0.39, 0.29) is 22.3 Å². The highest BCUT2D eigenvalue weighted by Gasteiger charge is 2.42. The molecular formula is C75H43F6N9. The van der Waals surface area contributed by atoms with Crippen LogP contribution in [0.15, 0.2) is 261 Å². The number of alkyl halides is 6. The quantitative estimate of drug-likeness (QED) is 0.125. The van der Waals surface area contributed by atoms with Crippen LogP contribution in [0.1, 0.15) is 16.7 Å². The maximum Gasteiger partial charge on any atom is 0.417 e. The Balaban J connectivity index is 0.964. The number of hydrogen-bond acceptors (Lipinski definition) is 7. The van der Waals surface area contributed by atoms with Crippen LogP contribution in [0.3, 0.4) is 0 Å². The Morgan fingerprint density at radius 3 is 1.12 bits per heavy atom. The molecule has 9 nitrogen and oxygen atoms in total. The van der Waals surface area contributed by atoms with Crippen molar-refractivity contribution in [2.75, 3.05) is 0 Å². The third kappa shape index (κ3) is 9.73. The molecule has 0 bridgehead atoms. The number of hydrogen-bond donors (Lipinski definition) is 0. The third-order valence-electron chi connectivity index (χ3n) is 16.1. The molecule has 0 fully saturated rings. The van der Waals surface area contributed by atoms with Crippen molar-refractivity contribution in [3.8, 4) is 108 Å². The molecule has 0 saturated carbocycles. The van der Waals surface area contributed by atoms with Crippen LogP contribution in [-0.2, 0) is 12.4 Å². The van der Waals surface area contributed by atoms with Gasteiger partial charge in [-0.25, -0.2) is 29.9 Å². The van der Waals surface area contributed by atoms with Gasteiger partial charge in [0, 0.05) is 71.7 Å². The van der Waals surface area contributed by atoms with Gasteiger partial charge in [0.1, 0.15) is 0 Å². The number of aromatic nitrogens is 8. The summed E-state index contributed by atoms with van der Waals surface area (Å²) in [4.78, 5) is 29.7. The van der Waals surface area contributed by atoms with Gasteiger partial charge in [-0.3, -0.25) is 0 Å². The van der Waals surface area contributed by atoms with Crippen LogP contribution in [0, 0.1) is 11.3 Å². The van der Waals surface area contributed by atoms with E-state index in [1.165, 1.54) is 12.1 Å². The predicted molar refractivity (Wildman–Crippen MR) is 340 cm³/mol. The zero-order chi connectivity index (χ0) is 61.3. The molecule has 0 radical (unpaired) electrons. The van der Waals surface area contributed by atoms with Crippen LogP contribution >= 0.6 is 0 Å². The smallest absolute Gasteiger partial charge is 0.309 e. The molecule has 4 heterocycles. The van der Waals surface area contributed by atoms with Gasteiger partial charge in [0.05, 0.1) is 50.5 Å². The summed E-state index contributed by atoms with van der Waals surface area (Å²) in [5.41, 5.74) is 3.81. The summed E-state index contributed by atoms with van der Waals surface area (Å²) >= 11 is 0. The maximum atomic E-state index is 15.6. The van der Waals surface area contributed by atoms with Gasteiger partial charge < -0.3 is 9.13 Å². The van der Waals surface area contributed by atoms with Crippen LogP contribution in [0.4, 0.5) is 26.3 Å². The Morgan fingerprint density at radius 1 is 0.300 bits per heavy atom. The Morgan fingerprint density at radius 2 is 0.689 bits per heavy atom. The molecule has 15 aromatic rings. The van der Waals surface area contributed by atoms with Gasteiger partial charge in [-0.05, 0) is 102 Å². The average Bonchev–Trinajstić information content (AvgIpc) is 1.55. The lowest BCUT2D eigenvalue weighted by molar-refractivity contribution is -0.142. The predicted octanol–water partition coefficient (Wildman–Crippen LogP) is 19.5. The van der Waals surface area contributed by atoms with E-state index < -0.39 is 29.0 Å². The van der Waals surface area contributed by atoms with Gasteiger partial charge in [0.25, 0.3) is 0 Å². The lowest BCUT2D eigenvalue weighted by Gasteiger charge is -2.23. The Labute approximate surface area is 509 Å². The number of nitrogens with zero attached hydrogens (tertiary/aromatic N) is 9. The van der Waals surface area contributed by atoms with Crippen LogP contribution in [0.5, 0.6) is 0 Å². The largest absolute Gasteiger partial charge is 0.417 e. The number of fused-ring (bicyclic) bond motifs is 6. The first kappa shape index (κ1) is 54.7. The molecule has 0 aliphatic heterocycles. The van der Waals surface area contributed by atoms with Crippen LogP contribution in [0.2, 0.25) is 0 Å². The van der Waals surface area contributed by atoms with Crippen molar-refractivity contribution in [2.24, 2.45) is 0 Å². The SMILES string of the molecule is N#Cc1ccc(-n2c3ccccc3c3cc(-c4nc(-c5ccccc5)nc(-c5ccccc5)n4)ccc32)c(-c2cc(-n3c4ccccc4c4cc(-c5nc(-c6ccccc6)nc(-c6ccccc6)n5)ccc43)ccc2-c2c(C(F)(F)F)cccc2C(F)(F)F)c1. The first-order valence-corrected chi connectivity index (χ1v) is 28.6. The Hall–Kier alpha value is -11.9. The second kappa shape index (κ2) is 21.8. The van der Waals surface area contributed by atoms with Gasteiger partial charge in [-0.1, -0.05) is 170 Å². The molecular weight excluding hydrogens is 1140 g/mol. The molecule has 4 aromatic heterocycles. The molecule has 15 rings (SSSR count). The maximum absolute atomic E-state index is 15.6. The molecule has 0 unspecified atom stereocenters. The summed E-state index contributed by atoms with van der Waals surface area (Å²) in [6, 6.07) is 78.6. The van der Waals surface area contributed by atoms with Crippen LogP contribution < -0.4 is 0 Å². The third-order valence-corrected chi connectivity index (χ3v) is 16.1. The first-order chi connectivity index (χ1) is 43.8. The summed E-state index contributed by atoms with van der Waals surface area (Å²) in [6.07, 6.45) is -10.5. The summed E-state index contributed by atoms with van der Waals surface area (Å²) in [7, 11) is 0. The second-order valence-corrected chi connectivity index (χ2v) is 21.5. The fourth-order valence-corrected chi connectivity index (χ4v) is 12.1. The number of rotatable bonds is 10. The highest BCUT2D eigenvalue weighted by molar-refractivity contribution is 6.12. The average molecular weight is 1180 g/mol. The van der Waals surface area contributed by atoms with Crippen LogP contribution in [0.25, 0.3) is 146 Å². The van der Waals surface area contributed by atoms with E-state index in [2.05, 4.69) is 6.07 Å². The second-order valence-electron chi connectivity index (χ2n) is 21.5. The van der Waals surface area contributed by atoms with Crippen molar-refractivity contribution in [3.05, 3.63) is 278 Å². The van der Waals surface area contributed by atoms with E-state index >= 15 is 26.3 Å². The topological polar surface area (TPSA) is 111 Å². The van der Waals surface area contributed by atoms with Gasteiger partial charge >= 0.3 is 12.4 Å². The number of benzene rings is 11. The minimum absolute atomic E-state index is 0.00830. The van der Waals surface area contributed by atoms with Crippen molar-refractivity contribution in [1.82, 2.24) is 39.0 Å².